The van der Waals surface area contributed by atoms with Gasteiger partial charge in [-0.25, -0.2) is 13.6 Å². The van der Waals surface area contributed by atoms with E-state index in [1.54, 1.807) is 38.1 Å². The fraction of sp³-hybridized carbons (Fsp3) is 0.296. The van der Waals surface area contributed by atoms with E-state index in [0.29, 0.717) is 29.7 Å². The van der Waals surface area contributed by atoms with E-state index in [-0.39, 0.29) is 24.3 Å². The molecule has 3 rings (SSSR count). The highest BCUT2D eigenvalue weighted by molar-refractivity contribution is 5.71. The largest absolute Gasteiger partial charge is 0.482 e. The highest BCUT2D eigenvalue weighted by Gasteiger charge is 2.13. The van der Waals surface area contributed by atoms with Gasteiger partial charge in [-0.2, -0.15) is 0 Å². The molecular weight excluding hydrogens is 410 g/mol. The lowest BCUT2D eigenvalue weighted by Gasteiger charge is -2.16. The Morgan fingerprint density at radius 2 is 1.69 bits per heavy atom. The average Bonchev–Trinajstić information content (AvgIpc) is 2.73. The van der Waals surface area contributed by atoms with Gasteiger partial charge < -0.3 is 9.47 Å². The number of carbonyl (C=O) groups excluding carboxylic acids is 1. The summed E-state index contributed by atoms with van der Waals surface area (Å²) in [5.41, 5.74) is 5.09. The molecule has 0 aliphatic carbocycles. The Morgan fingerprint density at radius 3 is 2.41 bits per heavy atom. The molecule has 3 aromatic rings. The molecule has 0 N–H and O–H groups in total. The summed E-state index contributed by atoms with van der Waals surface area (Å²) in [6.45, 7) is 7.35. The molecular formula is C27H28F2O3. The summed E-state index contributed by atoms with van der Waals surface area (Å²) >= 11 is 0. The normalized spacial score (nSPS) is 11.0. The number of rotatable bonds is 8. The fourth-order valence-electron chi connectivity index (χ4n) is 3.72. The second-order valence-corrected chi connectivity index (χ2v) is 8.13. The molecule has 0 bridgehead atoms. The minimum absolute atomic E-state index is 0.161. The van der Waals surface area contributed by atoms with Crippen LogP contribution in [-0.4, -0.2) is 18.7 Å². The zero-order valence-electron chi connectivity index (χ0n) is 18.9. The topological polar surface area (TPSA) is 35.5 Å². The minimum atomic E-state index is -0.419. The molecule has 5 heteroatoms. The Morgan fingerprint density at radius 1 is 0.938 bits per heavy atom. The lowest BCUT2D eigenvalue weighted by molar-refractivity contribution is -0.149. The van der Waals surface area contributed by atoms with Crippen molar-refractivity contribution in [1.29, 1.82) is 0 Å². The SMILES string of the molecule is Cc1ccc(OCC(=O)OC(C)C)c(C)c1CCc1cc(-c2cccc(F)c2)ccc1F. The first-order chi connectivity index (χ1) is 15.2. The van der Waals surface area contributed by atoms with Crippen LogP contribution in [0.15, 0.2) is 54.6 Å². The van der Waals surface area contributed by atoms with Gasteiger partial charge in [0.2, 0.25) is 0 Å². The lowest BCUT2D eigenvalue weighted by atomic mass is 9.94. The van der Waals surface area contributed by atoms with Crippen LogP contribution in [0.5, 0.6) is 5.75 Å². The Balaban J connectivity index is 1.76. The van der Waals surface area contributed by atoms with E-state index in [0.717, 1.165) is 22.3 Å². The van der Waals surface area contributed by atoms with Crippen molar-refractivity contribution in [2.75, 3.05) is 6.61 Å². The van der Waals surface area contributed by atoms with Crippen molar-refractivity contribution >= 4 is 5.97 Å². The molecule has 0 aliphatic heterocycles. The van der Waals surface area contributed by atoms with Crippen LogP contribution in [-0.2, 0) is 22.4 Å². The van der Waals surface area contributed by atoms with Gasteiger partial charge in [-0.3, -0.25) is 0 Å². The van der Waals surface area contributed by atoms with Gasteiger partial charge in [0.1, 0.15) is 17.4 Å². The molecule has 0 saturated heterocycles. The van der Waals surface area contributed by atoms with Crippen LogP contribution in [0.25, 0.3) is 11.1 Å². The van der Waals surface area contributed by atoms with Gasteiger partial charge in [0.25, 0.3) is 0 Å². The van der Waals surface area contributed by atoms with E-state index in [1.807, 2.05) is 26.0 Å². The van der Waals surface area contributed by atoms with Gasteiger partial charge in [0.15, 0.2) is 6.61 Å². The van der Waals surface area contributed by atoms with E-state index in [9.17, 15) is 13.6 Å². The van der Waals surface area contributed by atoms with E-state index >= 15 is 0 Å². The van der Waals surface area contributed by atoms with Crippen LogP contribution >= 0.6 is 0 Å². The van der Waals surface area contributed by atoms with Gasteiger partial charge in [-0.15, -0.1) is 0 Å². The molecule has 0 aromatic heterocycles. The Labute approximate surface area is 188 Å². The Hall–Kier alpha value is -3.21. The van der Waals surface area contributed by atoms with Crippen LogP contribution in [0.4, 0.5) is 8.78 Å². The van der Waals surface area contributed by atoms with Crippen LogP contribution < -0.4 is 4.74 Å². The van der Waals surface area contributed by atoms with Gasteiger partial charge in [0, 0.05) is 0 Å². The molecule has 0 aliphatic rings. The zero-order chi connectivity index (χ0) is 23.3. The number of ether oxygens (including phenoxy) is 2. The average molecular weight is 439 g/mol. The summed E-state index contributed by atoms with van der Waals surface area (Å²) < 4.78 is 38.9. The molecule has 0 amide bonds. The van der Waals surface area contributed by atoms with E-state index in [4.69, 9.17) is 9.47 Å². The van der Waals surface area contributed by atoms with Crippen LogP contribution in [0, 0.1) is 25.5 Å². The first-order valence-corrected chi connectivity index (χ1v) is 10.7. The Kier molecular flexibility index (Phi) is 7.62. The van der Waals surface area contributed by atoms with Gasteiger partial charge >= 0.3 is 5.97 Å². The van der Waals surface area contributed by atoms with Crippen molar-refractivity contribution < 1.29 is 23.0 Å². The molecule has 168 valence electrons. The number of esters is 1. The van der Waals surface area contributed by atoms with Crippen LogP contribution in [0.3, 0.4) is 0 Å². The molecule has 0 heterocycles. The maximum absolute atomic E-state index is 14.5. The molecule has 3 nitrogen and oxygen atoms in total. The summed E-state index contributed by atoms with van der Waals surface area (Å²) in [6.07, 6.45) is 0.892. The quantitative estimate of drug-likeness (QED) is 0.384. The second-order valence-electron chi connectivity index (χ2n) is 8.13. The summed E-state index contributed by atoms with van der Waals surface area (Å²) in [5.74, 6) is -0.420. The van der Waals surface area contributed by atoms with Crippen LogP contribution in [0.1, 0.15) is 36.1 Å². The Bertz CT molecular complexity index is 1110. The zero-order valence-corrected chi connectivity index (χ0v) is 18.9. The summed E-state index contributed by atoms with van der Waals surface area (Å²) in [7, 11) is 0. The van der Waals surface area contributed by atoms with E-state index in [1.165, 1.54) is 18.2 Å². The third-order valence-corrected chi connectivity index (χ3v) is 5.34. The maximum Gasteiger partial charge on any atom is 0.344 e. The van der Waals surface area contributed by atoms with Crippen LogP contribution in [0.2, 0.25) is 0 Å². The van der Waals surface area contributed by atoms with Crippen molar-refractivity contribution in [3.8, 4) is 16.9 Å². The molecule has 0 atom stereocenters. The molecule has 0 fully saturated rings. The number of aryl methyl sites for hydroxylation is 2. The lowest BCUT2D eigenvalue weighted by Crippen LogP contribution is -2.19. The minimum Gasteiger partial charge on any atom is -0.482 e. The van der Waals surface area contributed by atoms with Gasteiger partial charge in [0.05, 0.1) is 6.10 Å². The maximum atomic E-state index is 14.5. The number of halogens is 2. The highest BCUT2D eigenvalue weighted by Crippen LogP contribution is 2.28. The smallest absolute Gasteiger partial charge is 0.344 e. The summed E-state index contributed by atoms with van der Waals surface area (Å²) in [4.78, 5) is 11.8. The number of hydrogen-bond donors (Lipinski definition) is 0. The first-order valence-electron chi connectivity index (χ1n) is 10.7. The predicted molar refractivity (Wildman–Crippen MR) is 122 cm³/mol. The van der Waals surface area contributed by atoms with Crippen molar-refractivity contribution in [2.24, 2.45) is 0 Å². The van der Waals surface area contributed by atoms with Gasteiger partial charge in [-0.1, -0.05) is 24.3 Å². The van der Waals surface area contributed by atoms with Crippen molar-refractivity contribution in [2.45, 2.75) is 46.6 Å². The molecule has 0 saturated carbocycles. The second kappa shape index (κ2) is 10.4. The van der Waals surface area contributed by atoms with Crippen molar-refractivity contribution in [3.63, 3.8) is 0 Å². The summed E-state index contributed by atoms with van der Waals surface area (Å²) in [5, 5.41) is 0. The van der Waals surface area contributed by atoms with Crippen molar-refractivity contribution in [1.82, 2.24) is 0 Å². The highest BCUT2D eigenvalue weighted by atomic mass is 19.1. The van der Waals surface area contributed by atoms with E-state index in [2.05, 4.69) is 0 Å². The van der Waals surface area contributed by atoms with Gasteiger partial charge in [-0.05, 0) is 104 Å². The molecule has 0 spiro atoms. The number of hydrogen-bond acceptors (Lipinski definition) is 3. The standard InChI is InChI=1S/C27H28F2O3/c1-17(2)32-27(30)16-31-26-13-8-18(3)24(19(26)4)11-9-22-14-21(10-12-25(22)29)20-6-5-7-23(28)15-20/h5-8,10,12-15,17H,9,11,16H2,1-4H3. The molecule has 3 aromatic carbocycles. The number of benzene rings is 3. The fourth-order valence-corrected chi connectivity index (χ4v) is 3.72. The summed E-state index contributed by atoms with van der Waals surface area (Å²) in [6, 6.07) is 14.9. The van der Waals surface area contributed by atoms with E-state index < -0.39 is 5.97 Å². The molecule has 32 heavy (non-hydrogen) atoms. The number of carbonyl (C=O) groups is 1. The molecule has 0 radical (unpaired) electrons. The third-order valence-electron chi connectivity index (χ3n) is 5.34. The van der Waals surface area contributed by atoms with Crippen molar-refractivity contribution in [3.05, 3.63) is 88.5 Å². The first kappa shape index (κ1) is 23.5. The predicted octanol–water partition coefficient (Wildman–Crippen LogP) is 6.36. The monoisotopic (exact) mass is 438 g/mol. The third kappa shape index (κ3) is 5.94. The molecule has 0 unspecified atom stereocenters.